The fourth-order valence-corrected chi connectivity index (χ4v) is 2.97. The Labute approximate surface area is 156 Å². The molecule has 2 heterocycles. The number of imidazole rings is 1. The van der Waals surface area contributed by atoms with Gasteiger partial charge in [-0.2, -0.15) is 9.78 Å². The predicted molar refractivity (Wildman–Crippen MR) is 107 cm³/mol. The quantitative estimate of drug-likeness (QED) is 0.566. The second-order valence-electron chi connectivity index (χ2n) is 6.28. The first-order valence-electron chi connectivity index (χ1n) is 8.64. The molecule has 0 aliphatic heterocycles. The van der Waals surface area contributed by atoms with Gasteiger partial charge in [-0.1, -0.05) is 42.5 Å². The topological polar surface area (TPSA) is 64.7 Å². The summed E-state index contributed by atoms with van der Waals surface area (Å²) >= 11 is 0. The van der Waals surface area contributed by atoms with E-state index in [0.29, 0.717) is 11.8 Å². The molecule has 1 amide bonds. The van der Waals surface area contributed by atoms with Gasteiger partial charge in [0.1, 0.15) is 5.82 Å². The Kier molecular flexibility index (Phi) is 4.30. The molecule has 0 radical (unpaired) electrons. The minimum Gasteiger partial charge on any atom is -0.311 e. The number of aromatic nitrogens is 4. The van der Waals surface area contributed by atoms with Crippen LogP contribution in [0.25, 0.3) is 23.1 Å². The van der Waals surface area contributed by atoms with Crippen molar-refractivity contribution >= 4 is 28.8 Å². The van der Waals surface area contributed by atoms with Crippen molar-refractivity contribution in [2.75, 3.05) is 5.32 Å². The number of carbonyl (C=O) groups is 1. The van der Waals surface area contributed by atoms with Crippen LogP contribution in [-0.4, -0.2) is 25.2 Å². The zero-order chi connectivity index (χ0) is 18.8. The number of hydrogen-bond acceptors (Lipinski definition) is 3. The van der Waals surface area contributed by atoms with Crippen molar-refractivity contribution in [2.45, 2.75) is 6.92 Å². The van der Waals surface area contributed by atoms with Crippen molar-refractivity contribution < 1.29 is 4.79 Å². The summed E-state index contributed by atoms with van der Waals surface area (Å²) in [7, 11) is 1.93. The lowest BCUT2D eigenvalue weighted by Crippen LogP contribution is -2.14. The van der Waals surface area contributed by atoms with Crippen LogP contribution in [0.3, 0.4) is 0 Å². The number of amides is 1. The van der Waals surface area contributed by atoms with E-state index in [1.807, 2.05) is 79.2 Å². The van der Waals surface area contributed by atoms with Crippen LogP contribution in [0.5, 0.6) is 0 Å². The SMILES string of the molecule is Cc1cc(NC(=O)/C=C/c2ccccc2)n(-c2nc3ccccc3n2C)n1. The molecule has 2 aromatic heterocycles. The smallest absolute Gasteiger partial charge is 0.249 e. The lowest BCUT2D eigenvalue weighted by Gasteiger charge is -2.07. The first-order chi connectivity index (χ1) is 13.1. The molecule has 0 fully saturated rings. The molecule has 0 aliphatic rings. The van der Waals surface area contributed by atoms with Crippen LogP contribution in [0.2, 0.25) is 0 Å². The van der Waals surface area contributed by atoms with E-state index in [-0.39, 0.29) is 5.91 Å². The highest BCUT2D eigenvalue weighted by Gasteiger charge is 2.15. The number of nitrogens with zero attached hydrogens (tertiary/aromatic N) is 4. The molecule has 0 atom stereocenters. The Morgan fingerprint density at radius 3 is 2.59 bits per heavy atom. The first kappa shape index (κ1) is 16.8. The molecule has 27 heavy (non-hydrogen) atoms. The van der Waals surface area contributed by atoms with Crippen molar-refractivity contribution in [3.05, 3.63) is 78.0 Å². The average molecular weight is 357 g/mol. The standard InChI is InChI=1S/C21H19N5O/c1-15-14-19(23-20(27)13-12-16-8-4-3-5-9-16)26(24-15)21-22-17-10-6-7-11-18(17)25(21)2/h3-14H,1-2H3,(H,23,27)/b13-12+. The van der Waals surface area contributed by atoms with Crippen molar-refractivity contribution in [1.82, 2.24) is 19.3 Å². The maximum absolute atomic E-state index is 12.4. The molecule has 1 N–H and O–H groups in total. The summed E-state index contributed by atoms with van der Waals surface area (Å²) in [5.74, 6) is 0.999. The van der Waals surface area contributed by atoms with Gasteiger partial charge in [-0.25, -0.2) is 4.98 Å². The number of aryl methyl sites for hydroxylation is 2. The Hall–Kier alpha value is -3.67. The molecule has 0 bridgehead atoms. The maximum atomic E-state index is 12.4. The Bertz CT molecular complexity index is 1140. The van der Waals surface area contributed by atoms with Gasteiger partial charge >= 0.3 is 0 Å². The van der Waals surface area contributed by atoms with Crippen LogP contribution < -0.4 is 5.32 Å². The van der Waals surface area contributed by atoms with Gasteiger partial charge in [0.05, 0.1) is 16.7 Å². The van der Waals surface area contributed by atoms with Crippen molar-refractivity contribution in [1.29, 1.82) is 0 Å². The fourth-order valence-electron chi connectivity index (χ4n) is 2.97. The number of para-hydroxylation sites is 2. The van der Waals surface area contributed by atoms with Crippen molar-refractivity contribution in [3.8, 4) is 5.95 Å². The van der Waals surface area contributed by atoms with Crippen LogP contribution in [0.4, 0.5) is 5.82 Å². The van der Waals surface area contributed by atoms with E-state index in [4.69, 9.17) is 0 Å². The van der Waals surface area contributed by atoms with Gasteiger partial charge in [0, 0.05) is 19.2 Å². The number of rotatable bonds is 4. The molecule has 0 saturated carbocycles. The second-order valence-corrected chi connectivity index (χ2v) is 6.28. The summed E-state index contributed by atoms with van der Waals surface area (Å²) in [5.41, 5.74) is 3.64. The number of benzene rings is 2. The largest absolute Gasteiger partial charge is 0.311 e. The molecular formula is C21H19N5O. The highest BCUT2D eigenvalue weighted by Crippen LogP contribution is 2.21. The Balaban J connectivity index is 1.64. The van der Waals surface area contributed by atoms with Gasteiger partial charge in [0.25, 0.3) is 0 Å². The fraction of sp³-hybridized carbons (Fsp3) is 0.0952. The highest BCUT2D eigenvalue weighted by molar-refractivity contribution is 6.01. The van der Waals surface area contributed by atoms with E-state index in [1.54, 1.807) is 10.8 Å². The lowest BCUT2D eigenvalue weighted by atomic mass is 10.2. The molecule has 4 aromatic rings. The molecule has 0 unspecified atom stereocenters. The molecule has 6 heteroatoms. The zero-order valence-electron chi connectivity index (χ0n) is 15.1. The third-order valence-corrected chi connectivity index (χ3v) is 4.26. The van der Waals surface area contributed by atoms with Crippen LogP contribution in [0, 0.1) is 6.92 Å². The van der Waals surface area contributed by atoms with E-state index < -0.39 is 0 Å². The molecule has 2 aromatic carbocycles. The van der Waals surface area contributed by atoms with E-state index in [1.165, 1.54) is 6.08 Å². The number of fused-ring (bicyclic) bond motifs is 1. The van der Waals surface area contributed by atoms with Gasteiger partial charge in [0.15, 0.2) is 0 Å². The third-order valence-electron chi connectivity index (χ3n) is 4.26. The summed E-state index contributed by atoms with van der Waals surface area (Å²) in [6, 6.07) is 19.4. The normalized spacial score (nSPS) is 11.3. The molecule has 0 aliphatic carbocycles. The summed E-state index contributed by atoms with van der Waals surface area (Å²) in [6.07, 6.45) is 3.29. The maximum Gasteiger partial charge on any atom is 0.249 e. The lowest BCUT2D eigenvalue weighted by molar-refractivity contribution is -0.111. The molecule has 6 nitrogen and oxygen atoms in total. The van der Waals surface area contributed by atoms with Crippen LogP contribution >= 0.6 is 0 Å². The molecule has 0 spiro atoms. The number of anilines is 1. The molecule has 0 saturated heterocycles. The molecule has 134 valence electrons. The van der Waals surface area contributed by atoms with Crippen LogP contribution in [0.15, 0.2) is 66.7 Å². The van der Waals surface area contributed by atoms with Crippen molar-refractivity contribution in [2.24, 2.45) is 7.05 Å². The van der Waals surface area contributed by atoms with Gasteiger partial charge in [0.2, 0.25) is 11.9 Å². The van der Waals surface area contributed by atoms with Crippen LogP contribution in [-0.2, 0) is 11.8 Å². The van der Waals surface area contributed by atoms with Crippen molar-refractivity contribution in [3.63, 3.8) is 0 Å². The summed E-state index contributed by atoms with van der Waals surface area (Å²) in [5, 5.41) is 7.40. The molecule has 4 rings (SSSR count). The number of carbonyl (C=O) groups excluding carboxylic acids is 1. The van der Waals surface area contributed by atoms with Gasteiger partial charge in [-0.15, -0.1) is 0 Å². The van der Waals surface area contributed by atoms with E-state index in [9.17, 15) is 4.79 Å². The third kappa shape index (κ3) is 3.37. The van der Waals surface area contributed by atoms with E-state index >= 15 is 0 Å². The zero-order valence-corrected chi connectivity index (χ0v) is 15.1. The predicted octanol–water partition coefficient (Wildman–Crippen LogP) is 3.72. The summed E-state index contributed by atoms with van der Waals surface area (Å²) in [6.45, 7) is 1.88. The molecular weight excluding hydrogens is 338 g/mol. The van der Waals surface area contributed by atoms with Gasteiger partial charge in [-0.3, -0.25) is 4.79 Å². The Morgan fingerprint density at radius 2 is 1.81 bits per heavy atom. The Morgan fingerprint density at radius 1 is 1.07 bits per heavy atom. The van der Waals surface area contributed by atoms with Gasteiger partial charge in [-0.05, 0) is 30.7 Å². The minimum absolute atomic E-state index is 0.223. The highest BCUT2D eigenvalue weighted by atomic mass is 16.1. The monoisotopic (exact) mass is 357 g/mol. The number of hydrogen-bond donors (Lipinski definition) is 1. The van der Waals surface area contributed by atoms with E-state index in [2.05, 4.69) is 15.4 Å². The van der Waals surface area contributed by atoms with Gasteiger partial charge < -0.3 is 9.88 Å². The minimum atomic E-state index is -0.223. The summed E-state index contributed by atoms with van der Waals surface area (Å²) < 4.78 is 3.61. The average Bonchev–Trinajstić information content (AvgIpc) is 3.20. The summed E-state index contributed by atoms with van der Waals surface area (Å²) in [4.78, 5) is 17.0. The van der Waals surface area contributed by atoms with E-state index in [0.717, 1.165) is 22.3 Å². The second kappa shape index (κ2) is 6.92. The number of nitrogens with one attached hydrogen (secondary N) is 1. The first-order valence-corrected chi connectivity index (χ1v) is 8.64. The van der Waals surface area contributed by atoms with Crippen LogP contribution in [0.1, 0.15) is 11.3 Å².